The summed E-state index contributed by atoms with van der Waals surface area (Å²) in [7, 11) is 1.41. The van der Waals surface area contributed by atoms with Crippen molar-refractivity contribution < 1.29 is 9.53 Å². The molecule has 1 saturated heterocycles. The molecule has 3 rings (SSSR count). The summed E-state index contributed by atoms with van der Waals surface area (Å²) >= 11 is 6.17. The average molecular weight is 277 g/mol. The Hall–Kier alpha value is -1.81. The van der Waals surface area contributed by atoms with E-state index >= 15 is 0 Å². The Bertz CT molecular complexity index is 644. The highest BCUT2D eigenvalue weighted by molar-refractivity contribution is 6.35. The fourth-order valence-electron chi connectivity index (χ4n) is 2.41. The van der Waals surface area contributed by atoms with E-state index in [4.69, 9.17) is 16.3 Å². The Morgan fingerprint density at radius 1 is 1.47 bits per heavy atom. The summed E-state index contributed by atoms with van der Waals surface area (Å²) in [6, 6.07) is 7.32. The Morgan fingerprint density at radius 2 is 2.32 bits per heavy atom. The molecule has 0 N–H and O–H groups in total. The van der Waals surface area contributed by atoms with Gasteiger partial charge in [-0.25, -0.2) is 4.79 Å². The maximum Gasteiger partial charge on any atom is 0.328 e. The number of benzene rings is 1. The smallest absolute Gasteiger partial charge is 0.328 e. The predicted octanol–water partition coefficient (Wildman–Crippen LogP) is 2.64. The van der Waals surface area contributed by atoms with Gasteiger partial charge in [0.05, 0.1) is 23.3 Å². The Kier molecular flexibility index (Phi) is 3.03. The van der Waals surface area contributed by atoms with E-state index in [0.717, 1.165) is 29.6 Å². The van der Waals surface area contributed by atoms with Gasteiger partial charge in [-0.2, -0.15) is 0 Å². The molecule has 0 radical (unpaired) electrons. The summed E-state index contributed by atoms with van der Waals surface area (Å²) in [5.41, 5.74) is 1.75. The number of esters is 1. The van der Waals surface area contributed by atoms with Crippen LogP contribution in [0, 0.1) is 0 Å². The second-order valence-electron chi connectivity index (χ2n) is 4.49. The molecular formula is C14H13ClN2O2. The van der Waals surface area contributed by atoms with Crippen LogP contribution in [0.1, 0.15) is 6.42 Å². The fraction of sp³-hybridized carbons (Fsp3) is 0.286. The molecule has 5 heteroatoms. The zero-order valence-electron chi connectivity index (χ0n) is 10.5. The largest absolute Gasteiger partial charge is 0.467 e. The van der Waals surface area contributed by atoms with E-state index in [1.54, 1.807) is 6.20 Å². The van der Waals surface area contributed by atoms with Crippen LogP contribution < -0.4 is 4.90 Å². The molecule has 2 heterocycles. The second kappa shape index (κ2) is 4.70. The van der Waals surface area contributed by atoms with E-state index < -0.39 is 0 Å². The molecule has 1 aromatic carbocycles. The number of pyridine rings is 1. The number of carbonyl (C=O) groups excluding carboxylic acids is 1. The normalized spacial score (nSPS) is 18.2. The minimum absolute atomic E-state index is 0.203. The maximum absolute atomic E-state index is 11.7. The third-order valence-corrected chi connectivity index (χ3v) is 3.83. The van der Waals surface area contributed by atoms with Crippen LogP contribution in [-0.4, -0.2) is 30.6 Å². The van der Waals surface area contributed by atoms with Crippen molar-refractivity contribution in [1.82, 2.24) is 4.98 Å². The highest BCUT2D eigenvalue weighted by Gasteiger charge is 2.36. The van der Waals surface area contributed by atoms with Crippen LogP contribution in [0.2, 0.25) is 5.02 Å². The van der Waals surface area contributed by atoms with Crippen molar-refractivity contribution >= 4 is 34.2 Å². The number of anilines is 1. The molecule has 4 nitrogen and oxygen atoms in total. The Morgan fingerprint density at radius 3 is 3.00 bits per heavy atom. The molecular weight excluding hydrogens is 264 g/mol. The van der Waals surface area contributed by atoms with Crippen LogP contribution in [-0.2, 0) is 9.53 Å². The second-order valence-corrected chi connectivity index (χ2v) is 4.89. The highest BCUT2D eigenvalue weighted by atomic mass is 35.5. The van der Waals surface area contributed by atoms with Crippen LogP contribution in [0.4, 0.5) is 5.69 Å². The molecule has 1 atom stereocenters. The van der Waals surface area contributed by atoms with E-state index in [1.165, 1.54) is 7.11 Å². The highest BCUT2D eigenvalue weighted by Crippen LogP contribution is 2.35. The Balaban J connectivity index is 2.07. The van der Waals surface area contributed by atoms with Gasteiger partial charge in [0.1, 0.15) is 6.04 Å². The minimum Gasteiger partial charge on any atom is -0.467 e. The molecule has 0 spiro atoms. The summed E-state index contributed by atoms with van der Waals surface area (Å²) in [6.45, 7) is 0.826. The lowest BCUT2D eigenvalue weighted by Crippen LogP contribution is -2.53. The summed E-state index contributed by atoms with van der Waals surface area (Å²) in [5, 5.41) is 1.57. The van der Waals surface area contributed by atoms with Crippen LogP contribution in [0.15, 0.2) is 30.5 Å². The number of halogens is 1. The van der Waals surface area contributed by atoms with Gasteiger partial charge < -0.3 is 9.64 Å². The van der Waals surface area contributed by atoms with Crippen molar-refractivity contribution in [2.75, 3.05) is 18.6 Å². The van der Waals surface area contributed by atoms with Crippen LogP contribution >= 0.6 is 11.6 Å². The molecule has 0 saturated carbocycles. The van der Waals surface area contributed by atoms with Crippen molar-refractivity contribution in [1.29, 1.82) is 0 Å². The zero-order valence-corrected chi connectivity index (χ0v) is 11.2. The summed E-state index contributed by atoms with van der Waals surface area (Å²) in [5.74, 6) is -0.203. The molecule has 1 unspecified atom stereocenters. The quantitative estimate of drug-likeness (QED) is 0.791. The number of hydrogen-bond donors (Lipinski definition) is 0. The van der Waals surface area contributed by atoms with E-state index in [2.05, 4.69) is 4.98 Å². The van der Waals surface area contributed by atoms with Crippen LogP contribution in [0.3, 0.4) is 0 Å². The molecule has 1 aliphatic heterocycles. The number of methoxy groups -OCH3 is 1. The lowest BCUT2D eigenvalue weighted by atomic mass is 10.0. The zero-order chi connectivity index (χ0) is 13.4. The van der Waals surface area contributed by atoms with Gasteiger partial charge in [-0.1, -0.05) is 11.6 Å². The number of carbonyl (C=O) groups is 1. The molecule has 98 valence electrons. The third kappa shape index (κ3) is 1.92. The van der Waals surface area contributed by atoms with Gasteiger partial charge in [-0.05, 0) is 30.7 Å². The Labute approximate surface area is 115 Å². The maximum atomic E-state index is 11.7. The lowest BCUT2D eigenvalue weighted by Gasteiger charge is -2.40. The van der Waals surface area contributed by atoms with Crippen molar-refractivity contribution in [3.63, 3.8) is 0 Å². The van der Waals surface area contributed by atoms with Gasteiger partial charge >= 0.3 is 5.97 Å². The standard InChI is InChI=1S/C14H13ClN2O2/c1-19-14(18)12-6-8-17(12)11-5-4-10(15)9-3-2-7-16-13(9)11/h2-5,7,12H,6,8H2,1H3. The molecule has 2 aromatic rings. The average Bonchev–Trinajstić information content (AvgIpc) is 2.41. The van der Waals surface area contributed by atoms with Crippen LogP contribution in [0.5, 0.6) is 0 Å². The molecule has 0 amide bonds. The first-order valence-corrected chi connectivity index (χ1v) is 6.48. The first-order chi connectivity index (χ1) is 9.22. The SMILES string of the molecule is COC(=O)C1CCN1c1ccc(Cl)c2cccnc12. The van der Waals surface area contributed by atoms with E-state index in [0.29, 0.717) is 5.02 Å². The number of rotatable bonds is 2. The molecule has 0 aliphatic carbocycles. The van der Waals surface area contributed by atoms with Crippen molar-refractivity contribution in [2.45, 2.75) is 12.5 Å². The predicted molar refractivity (Wildman–Crippen MR) is 74.5 cm³/mol. The molecule has 0 bridgehead atoms. The number of fused-ring (bicyclic) bond motifs is 1. The minimum atomic E-state index is -0.212. The van der Waals surface area contributed by atoms with Gasteiger partial charge in [0.25, 0.3) is 0 Å². The monoisotopic (exact) mass is 276 g/mol. The van der Waals surface area contributed by atoms with Crippen molar-refractivity contribution in [3.05, 3.63) is 35.5 Å². The van der Waals surface area contributed by atoms with E-state index in [-0.39, 0.29) is 12.0 Å². The number of ether oxygens (including phenoxy) is 1. The number of aromatic nitrogens is 1. The van der Waals surface area contributed by atoms with Gasteiger partial charge in [-0.3, -0.25) is 4.98 Å². The van der Waals surface area contributed by atoms with Gasteiger partial charge in [-0.15, -0.1) is 0 Å². The number of nitrogens with zero attached hydrogens (tertiary/aromatic N) is 2. The molecule has 1 aliphatic rings. The molecule has 1 aromatic heterocycles. The van der Waals surface area contributed by atoms with Crippen molar-refractivity contribution in [3.8, 4) is 0 Å². The van der Waals surface area contributed by atoms with Crippen molar-refractivity contribution in [2.24, 2.45) is 0 Å². The van der Waals surface area contributed by atoms with Crippen LogP contribution in [0.25, 0.3) is 10.9 Å². The summed E-state index contributed by atoms with van der Waals surface area (Å²) < 4.78 is 4.81. The topological polar surface area (TPSA) is 42.4 Å². The fourth-order valence-corrected chi connectivity index (χ4v) is 2.63. The third-order valence-electron chi connectivity index (χ3n) is 3.50. The van der Waals surface area contributed by atoms with Gasteiger partial charge in [0.15, 0.2) is 0 Å². The first kappa shape index (κ1) is 12.2. The first-order valence-electron chi connectivity index (χ1n) is 6.10. The number of hydrogen-bond acceptors (Lipinski definition) is 4. The van der Waals surface area contributed by atoms with E-state index in [9.17, 15) is 4.79 Å². The van der Waals surface area contributed by atoms with E-state index in [1.807, 2.05) is 29.2 Å². The molecule has 19 heavy (non-hydrogen) atoms. The lowest BCUT2D eigenvalue weighted by molar-refractivity contribution is -0.143. The van der Waals surface area contributed by atoms with Gasteiger partial charge in [0.2, 0.25) is 0 Å². The summed E-state index contributed by atoms with van der Waals surface area (Å²) in [6.07, 6.45) is 2.54. The summed E-state index contributed by atoms with van der Waals surface area (Å²) in [4.78, 5) is 18.1. The van der Waals surface area contributed by atoms with Gasteiger partial charge in [0, 0.05) is 18.1 Å². The molecule has 1 fully saturated rings.